The summed E-state index contributed by atoms with van der Waals surface area (Å²) in [5, 5.41) is 22.9. The molecule has 0 spiro atoms. The fourth-order valence-corrected chi connectivity index (χ4v) is 2.39. The molecule has 1 unspecified atom stereocenters. The lowest BCUT2D eigenvalue weighted by Crippen LogP contribution is -2.22. The van der Waals surface area contributed by atoms with E-state index in [1.807, 2.05) is 16.7 Å². The number of nitrogens with zero attached hydrogens (tertiary/aromatic N) is 6. The summed E-state index contributed by atoms with van der Waals surface area (Å²) in [7, 11) is 0. The van der Waals surface area contributed by atoms with Crippen LogP contribution in [0.2, 0.25) is 0 Å². The maximum absolute atomic E-state index is 10.2. The highest BCUT2D eigenvalue weighted by molar-refractivity contribution is 5.77. The van der Waals surface area contributed by atoms with Crippen LogP contribution in [0.1, 0.15) is 17.0 Å². The molecule has 2 heterocycles. The average Bonchev–Trinajstić information content (AvgIpc) is 3.08. The molecule has 1 aromatic carbocycles. The van der Waals surface area contributed by atoms with Crippen LogP contribution in [-0.2, 0) is 13.1 Å². The Bertz CT molecular complexity index is 857. The molecule has 0 fully saturated rings. The SMILES string of the molecule is Cc1cc2ncn(CC(O)Cn3cnc(C#N)n3)c2cc1C. The van der Waals surface area contributed by atoms with Crippen molar-refractivity contribution in [1.82, 2.24) is 24.3 Å². The maximum Gasteiger partial charge on any atom is 0.252 e. The lowest BCUT2D eigenvalue weighted by molar-refractivity contribution is 0.131. The summed E-state index contributed by atoms with van der Waals surface area (Å²) >= 11 is 0. The average molecular weight is 296 g/mol. The summed E-state index contributed by atoms with van der Waals surface area (Å²) in [5.41, 5.74) is 4.31. The number of imidazole rings is 1. The van der Waals surface area contributed by atoms with Gasteiger partial charge in [0.05, 0.1) is 36.6 Å². The van der Waals surface area contributed by atoms with Gasteiger partial charge in [-0.05, 0) is 37.1 Å². The van der Waals surface area contributed by atoms with Crippen molar-refractivity contribution in [3.05, 3.63) is 41.7 Å². The minimum Gasteiger partial charge on any atom is -0.389 e. The molecule has 0 saturated carbocycles. The van der Waals surface area contributed by atoms with E-state index in [2.05, 4.69) is 35.0 Å². The molecule has 112 valence electrons. The van der Waals surface area contributed by atoms with Crippen molar-refractivity contribution in [3.8, 4) is 6.07 Å². The van der Waals surface area contributed by atoms with Gasteiger partial charge in [-0.1, -0.05) is 0 Å². The molecule has 0 amide bonds. The predicted molar refractivity (Wildman–Crippen MR) is 80.0 cm³/mol. The van der Waals surface area contributed by atoms with Crippen molar-refractivity contribution < 1.29 is 5.11 Å². The standard InChI is InChI=1S/C15H16N6O/c1-10-3-13-14(4-11(10)2)20(8-17-13)6-12(22)7-21-9-18-15(5-16)19-21/h3-4,8-9,12,22H,6-7H2,1-2H3. The minimum atomic E-state index is -0.646. The Kier molecular flexibility index (Phi) is 3.61. The van der Waals surface area contributed by atoms with Gasteiger partial charge in [-0.15, -0.1) is 5.10 Å². The third kappa shape index (κ3) is 2.69. The van der Waals surface area contributed by atoms with Crippen LogP contribution in [0.4, 0.5) is 0 Å². The molecule has 22 heavy (non-hydrogen) atoms. The van der Waals surface area contributed by atoms with E-state index < -0.39 is 6.10 Å². The van der Waals surface area contributed by atoms with E-state index in [0.717, 1.165) is 11.0 Å². The monoisotopic (exact) mass is 296 g/mol. The van der Waals surface area contributed by atoms with Crippen molar-refractivity contribution >= 4 is 11.0 Å². The number of hydrogen-bond donors (Lipinski definition) is 1. The number of benzene rings is 1. The first-order valence-corrected chi connectivity index (χ1v) is 6.96. The Morgan fingerprint density at radius 1 is 1.18 bits per heavy atom. The Morgan fingerprint density at radius 3 is 2.68 bits per heavy atom. The fourth-order valence-electron chi connectivity index (χ4n) is 2.39. The second kappa shape index (κ2) is 5.58. The molecule has 0 aliphatic heterocycles. The van der Waals surface area contributed by atoms with Gasteiger partial charge in [0, 0.05) is 0 Å². The molecule has 7 nitrogen and oxygen atoms in total. The van der Waals surface area contributed by atoms with Crippen LogP contribution in [-0.4, -0.2) is 35.5 Å². The molecule has 3 aromatic rings. The van der Waals surface area contributed by atoms with Gasteiger partial charge in [-0.3, -0.25) is 0 Å². The van der Waals surface area contributed by atoms with Gasteiger partial charge in [-0.25, -0.2) is 14.6 Å². The Hall–Kier alpha value is -2.72. The maximum atomic E-state index is 10.2. The van der Waals surface area contributed by atoms with Gasteiger partial charge in [0.2, 0.25) is 0 Å². The molecule has 1 atom stereocenters. The molecule has 7 heteroatoms. The fraction of sp³-hybridized carbons (Fsp3) is 0.333. The van der Waals surface area contributed by atoms with E-state index in [1.165, 1.54) is 22.1 Å². The number of nitriles is 1. The van der Waals surface area contributed by atoms with E-state index >= 15 is 0 Å². The van der Waals surface area contributed by atoms with Gasteiger partial charge < -0.3 is 9.67 Å². The Labute approximate surface area is 127 Å². The quantitative estimate of drug-likeness (QED) is 0.780. The highest BCUT2D eigenvalue weighted by Crippen LogP contribution is 2.18. The zero-order valence-corrected chi connectivity index (χ0v) is 12.4. The van der Waals surface area contributed by atoms with E-state index in [-0.39, 0.29) is 12.4 Å². The predicted octanol–water partition coefficient (Wildman–Crippen LogP) is 1.18. The summed E-state index contributed by atoms with van der Waals surface area (Å²) in [4.78, 5) is 8.19. The second-order valence-corrected chi connectivity index (χ2v) is 5.38. The topological polar surface area (TPSA) is 92.5 Å². The number of aliphatic hydroxyl groups is 1. The van der Waals surface area contributed by atoms with Crippen LogP contribution >= 0.6 is 0 Å². The van der Waals surface area contributed by atoms with Crippen molar-refractivity contribution in [3.63, 3.8) is 0 Å². The second-order valence-electron chi connectivity index (χ2n) is 5.38. The largest absolute Gasteiger partial charge is 0.389 e. The van der Waals surface area contributed by atoms with Crippen LogP contribution in [0.15, 0.2) is 24.8 Å². The molecule has 0 radical (unpaired) electrons. The third-order valence-electron chi connectivity index (χ3n) is 3.68. The van der Waals surface area contributed by atoms with E-state index in [0.29, 0.717) is 6.54 Å². The molecular weight excluding hydrogens is 280 g/mol. The molecular formula is C15H16N6O. The number of aromatic nitrogens is 5. The van der Waals surface area contributed by atoms with Gasteiger partial charge in [0.25, 0.3) is 5.82 Å². The first kappa shape index (κ1) is 14.2. The minimum absolute atomic E-state index is 0.103. The summed E-state index contributed by atoms with van der Waals surface area (Å²) < 4.78 is 3.40. The van der Waals surface area contributed by atoms with E-state index in [1.54, 1.807) is 6.33 Å². The molecule has 3 rings (SSSR count). The number of fused-ring (bicyclic) bond motifs is 1. The number of aryl methyl sites for hydroxylation is 2. The first-order valence-electron chi connectivity index (χ1n) is 6.96. The van der Waals surface area contributed by atoms with Crippen molar-refractivity contribution in [1.29, 1.82) is 5.26 Å². The smallest absolute Gasteiger partial charge is 0.252 e. The van der Waals surface area contributed by atoms with Gasteiger partial charge in [0.15, 0.2) is 0 Å². The Balaban J connectivity index is 1.78. The van der Waals surface area contributed by atoms with E-state index in [4.69, 9.17) is 5.26 Å². The van der Waals surface area contributed by atoms with Gasteiger partial charge in [0.1, 0.15) is 12.4 Å². The summed E-state index contributed by atoms with van der Waals surface area (Å²) in [6.45, 7) is 4.79. The lowest BCUT2D eigenvalue weighted by atomic mass is 10.1. The zero-order chi connectivity index (χ0) is 15.7. The Morgan fingerprint density at radius 2 is 1.95 bits per heavy atom. The highest BCUT2D eigenvalue weighted by Gasteiger charge is 2.11. The van der Waals surface area contributed by atoms with Crippen molar-refractivity contribution in [2.45, 2.75) is 33.0 Å². The lowest BCUT2D eigenvalue weighted by Gasteiger charge is -2.12. The number of rotatable bonds is 4. The first-order chi connectivity index (χ1) is 10.6. The van der Waals surface area contributed by atoms with Crippen LogP contribution < -0.4 is 0 Å². The number of aliphatic hydroxyl groups excluding tert-OH is 1. The van der Waals surface area contributed by atoms with Crippen molar-refractivity contribution in [2.24, 2.45) is 0 Å². The summed E-state index contributed by atoms with van der Waals surface area (Å²) in [6.07, 6.45) is 2.53. The highest BCUT2D eigenvalue weighted by atomic mass is 16.3. The van der Waals surface area contributed by atoms with E-state index in [9.17, 15) is 5.11 Å². The molecule has 0 bridgehead atoms. The summed E-state index contributed by atoms with van der Waals surface area (Å²) in [5.74, 6) is 0.103. The molecule has 0 saturated heterocycles. The molecule has 0 aliphatic carbocycles. The molecule has 1 N–H and O–H groups in total. The van der Waals surface area contributed by atoms with Gasteiger partial charge >= 0.3 is 0 Å². The van der Waals surface area contributed by atoms with Gasteiger partial charge in [-0.2, -0.15) is 5.26 Å². The normalized spacial score (nSPS) is 12.5. The zero-order valence-electron chi connectivity index (χ0n) is 12.4. The van der Waals surface area contributed by atoms with Crippen LogP contribution in [0, 0.1) is 25.2 Å². The van der Waals surface area contributed by atoms with Crippen LogP contribution in [0.5, 0.6) is 0 Å². The van der Waals surface area contributed by atoms with Crippen molar-refractivity contribution in [2.75, 3.05) is 0 Å². The van der Waals surface area contributed by atoms with Crippen LogP contribution in [0.25, 0.3) is 11.0 Å². The number of hydrogen-bond acceptors (Lipinski definition) is 5. The molecule has 2 aromatic heterocycles. The third-order valence-corrected chi connectivity index (χ3v) is 3.68. The molecule has 0 aliphatic rings. The van der Waals surface area contributed by atoms with Crippen LogP contribution in [0.3, 0.4) is 0 Å². The summed E-state index contributed by atoms with van der Waals surface area (Å²) in [6, 6.07) is 5.98.